The Bertz CT molecular complexity index is 852. The van der Waals surface area contributed by atoms with E-state index in [1.54, 1.807) is 10.7 Å². The van der Waals surface area contributed by atoms with Crippen LogP contribution in [0.25, 0.3) is 0 Å². The minimum Gasteiger partial charge on any atom is -0.331 e. The van der Waals surface area contributed by atoms with E-state index in [0.29, 0.717) is 12.6 Å². The molecule has 7 nitrogen and oxygen atoms in total. The first-order chi connectivity index (χ1) is 13.4. The van der Waals surface area contributed by atoms with Gasteiger partial charge >= 0.3 is 0 Å². The van der Waals surface area contributed by atoms with Crippen LogP contribution in [0, 0.1) is 0 Å². The highest BCUT2D eigenvalue weighted by molar-refractivity contribution is 5.10. The normalized spacial score (nSPS) is 19.2. The van der Waals surface area contributed by atoms with Gasteiger partial charge in [-0.2, -0.15) is 5.10 Å². The van der Waals surface area contributed by atoms with Crippen molar-refractivity contribution in [3.63, 3.8) is 0 Å². The summed E-state index contributed by atoms with van der Waals surface area (Å²) in [6, 6.07) is 4.19. The molecular weight excluding hydrogens is 352 g/mol. The van der Waals surface area contributed by atoms with Crippen molar-refractivity contribution in [2.75, 3.05) is 32.7 Å². The van der Waals surface area contributed by atoms with Crippen LogP contribution in [0.5, 0.6) is 0 Å². The monoisotopic (exact) mass is 384 g/mol. The molecule has 0 unspecified atom stereocenters. The van der Waals surface area contributed by atoms with E-state index < -0.39 is 0 Å². The second kappa shape index (κ2) is 7.79. The Balaban J connectivity index is 1.28. The van der Waals surface area contributed by atoms with Gasteiger partial charge in [-0.25, -0.2) is 9.67 Å². The molecule has 0 amide bonds. The number of hydrogen-bond acceptors (Lipinski definition) is 5. The maximum atomic E-state index is 12.2. The first-order valence-electron chi connectivity index (χ1n) is 10.5. The number of nitrogens with zero attached hydrogens (tertiary/aromatic N) is 6. The summed E-state index contributed by atoms with van der Waals surface area (Å²) in [4.78, 5) is 21.6. The summed E-state index contributed by atoms with van der Waals surface area (Å²) in [6.45, 7) is 13.0. The fourth-order valence-corrected chi connectivity index (χ4v) is 3.77. The second-order valence-electron chi connectivity index (χ2n) is 9.13. The van der Waals surface area contributed by atoms with Crippen LogP contribution in [0.3, 0.4) is 0 Å². The van der Waals surface area contributed by atoms with Gasteiger partial charge in [0.05, 0.1) is 18.8 Å². The lowest BCUT2D eigenvalue weighted by atomic mass is 9.92. The Morgan fingerprint density at radius 2 is 1.75 bits per heavy atom. The molecule has 2 aromatic heterocycles. The third kappa shape index (κ3) is 4.52. The molecule has 0 spiro atoms. The van der Waals surface area contributed by atoms with Gasteiger partial charge in [0, 0.05) is 62.6 Å². The van der Waals surface area contributed by atoms with Crippen molar-refractivity contribution in [2.45, 2.75) is 58.2 Å². The Morgan fingerprint density at radius 1 is 1.04 bits per heavy atom. The van der Waals surface area contributed by atoms with Crippen LogP contribution in [0.2, 0.25) is 0 Å². The van der Waals surface area contributed by atoms with E-state index in [-0.39, 0.29) is 11.0 Å². The van der Waals surface area contributed by atoms with Crippen LogP contribution in [0.4, 0.5) is 0 Å². The van der Waals surface area contributed by atoms with Crippen LogP contribution in [-0.2, 0) is 18.5 Å². The molecule has 3 heterocycles. The van der Waals surface area contributed by atoms with Gasteiger partial charge in [-0.1, -0.05) is 20.8 Å². The molecule has 0 radical (unpaired) electrons. The smallest absolute Gasteiger partial charge is 0.266 e. The highest BCUT2D eigenvalue weighted by atomic mass is 16.1. The third-order valence-corrected chi connectivity index (χ3v) is 5.78. The van der Waals surface area contributed by atoms with Crippen molar-refractivity contribution in [1.29, 1.82) is 0 Å². The molecule has 1 aliphatic heterocycles. The molecule has 0 aromatic carbocycles. The number of hydrogen-bond donors (Lipinski definition) is 0. The molecule has 28 heavy (non-hydrogen) atoms. The summed E-state index contributed by atoms with van der Waals surface area (Å²) in [5.41, 5.74) is 0.898. The lowest BCUT2D eigenvalue weighted by molar-refractivity contribution is 0.119. The Kier molecular flexibility index (Phi) is 5.38. The predicted octanol–water partition coefficient (Wildman–Crippen LogP) is 1.89. The van der Waals surface area contributed by atoms with E-state index in [1.807, 2.05) is 12.3 Å². The largest absolute Gasteiger partial charge is 0.331 e. The molecule has 1 saturated carbocycles. The van der Waals surface area contributed by atoms with E-state index in [2.05, 4.69) is 51.4 Å². The highest BCUT2D eigenvalue weighted by Gasteiger charge is 2.26. The maximum Gasteiger partial charge on any atom is 0.266 e. The second-order valence-corrected chi connectivity index (χ2v) is 9.13. The van der Waals surface area contributed by atoms with E-state index in [1.165, 1.54) is 18.7 Å². The number of aromatic nitrogens is 4. The topological polar surface area (TPSA) is 59.2 Å². The molecule has 7 heteroatoms. The summed E-state index contributed by atoms with van der Waals surface area (Å²) in [5.74, 6) is 1.20. The molecule has 2 fully saturated rings. The van der Waals surface area contributed by atoms with Crippen molar-refractivity contribution in [1.82, 2.24) is 29.1 Å². The van der Waals surface area contributed by atoms with Crippen LogP contribution >= 0.6 is 0 Å². The van der Waals surface area contributed by atoms with Gasteiger partial charge in [0.2, 0.25) is 0 Å². The Hall–Kier alpha value is -1.99. The van der Waals surface area contributed by atoms with Crippen molar-refractivity contribution in [3.8, 4) is 0 Å². The number of rotatable bonds is 6. The van der Waals surface area contributed by atoms with Crippen molar-refractivity contribution in [2.24, 2.45) is 0 Å². The van der Waals surface area contributed by atoms with Gasteiger partial charge in [-0.3, -0.25) is 14.6 Å². The lowest BCUT2D eigenvalue weighted by Crippen LogP contribution is -2.47. The Morgan fingerprint density at radius 3 is 2.43 bits per heavy atom. The SMILES string of the molecule is CC(C)(C)c1ccc(=O)n(CCN2CCN(Cc3nccn3C3CC3)CC2)n1. The van der Waals surface area contributed by atoms with Crippen LogP contribution in [-0.4, -0.2) is 61.9 Å². The first-order valence-corrected chi connectivity index (χ1v) is 10.5. The molecule has 152 valence electrons. The van der Waals surface area contributed by atoms with E-state index in [0.717, 1.165) is 45.0 Å². The summed E-state index contributed by atoms with van der Waals surface area (Å²) in [6.07, 6.45) is 6.64. The van der Waals surface area contributed by atoms with Gasteiger partial charge in [0.25, 0.3) is 5.56 Å². The van der Waals surface area contributed by atoms with Crippen molar-refractivity contribution in [3.05, 3.63) is 46.4 Å². The van der Waals surface area contributed by atoms with Gasteiger partial charge in [0.1, 0.15) is 5.82 Å². The highest BCUT2D eigenvalue weighted by Crippen LogP contribution is 2.35. The van der Waals surface area contributed by atoms with Crippen molar-refractivity contribution >= 4 is 0 Å². The van der Waals surface area contributed by atoms with Gasteiger partial charge in [0.15, 0.2) is 0 Å². The van der Waals surface area contributed by atoms with Crippen molar-refractivity contribution < 1.29 is 0 Å². The maximum absolute atomic E-state index is 12.2. The lowest BCUT2D eigenvalue weighted by Gasteiger charge is -2.34. The quantitative estimate of drug-likeness (QED) is 0.761. The predicted molar refractivity (Wildman–Crippen MR) is 109 cm³/mol. The fraction of sp³-hybridized carbons (Fsp3) is 0.667. The zero-order valence-electron chi connectivity index (χ0n) is 17.3. The average Bonchev–Trinajstić information content (AvgIpc) is 3.40. The Labute approximate surface area is 167 Å². The minimum absolute atomic E-state index is 0.0152. The number of piperazine rings is 1. The summed E-state index contributed by atoms with van der Waals surface area (Å²) in [7, 11) is 0. The van der Waals surface area contributed by atoms with E-state index in [9.17, 15) is 4.79 Å². The summed E-state index contributed by atoms with van der Waals surface area (Å²) >= 11 is 0. The zero-order valence-corrected chi connectivity index (χ0v) is 17.3. The molecule has 4 rings (SSSR count). The fourth-order valence-electron chi connectivity index (χ4n) is 3.77. The summed E-state index contributed by atoms with van der Waals surface area (Å²) in [5, 5.41) is 4.58. The molecule has 2 aliphatic rings. The molecule has 2 aromatic rings. The van der Waals surface area contributed by atoms with Crippen LogP contribution < -0.4 is 5.56 Å². The molecule has 0 bridgehead atoms. The van der Waals surface area contributed by atoms with E-state index in [4.69, 9.17) is 0 Å². The summed E-state index contributed by atoms with van der Waals surface area (Å²) < 4.78 is 3.98. The van der Waals surface area contributed by atoms with Gasteiger partial charge < -0.3 is 4.57 Å². The molecule has 1 saturated heterocycles. The van der Waals surface area contributed by atoms with Crippen LogP contribution in [0.1, 0.15) is 51.2 Å². The zero-order chi connectivity index (χ0) is 19.7. The average molecular weight is 385 g/mol. The molecule has 0 N–H and O–H groups in total. The number of imidazole rings is 1. The first kappa shape index (κ1) is 19.3. The molecule has 0 atom stereocenters. The molecule has 1 aliphatic carbocycles. The van der Waals surface area contributed by atoms with E-state index >= 15 is 0 Å². The third-order valence-electron chi connectivity index (χ3n) is 5.78. The van der Waals surface area contributed by atoms with Gasteiger partial charge in [-0.05, 0) is 18.9 Å². The van der Waals surface area contributed by atoms with Gasteiger partial charge in [-0.15, -0.1) is 0 Å². The molecular formula is C21H32N6O. The standard InChI is InChI=1S/C21H32N6O/c1-21(2,3)18-6-7-20(28)27(23-18)15-14-24-10-12-25(13-11-24)16-19-22-8-9-26(19)17-4-5-17/h6-9,17H,4-5,10-16H2,1-3H3. The minimum atomic E-state index is -0.0484. The van der Waals surface area contributed by atoms with Crippen LogP contribution in [0.15, 0.2) is 29.3 Å².